The van der Waals surface area contributed by atoms with Gasteiger partial charge in [-0.25, -0.2) is 8.42 Å². The summed E-state index contributed by atoms with van der Waals surface area (Å²) in [6.45, 7) is -0.236. The van der Waals surface area contributed by atoms with E-state index in [0.29, 0.717) is 15.6 Å². The zero-order chi connectivity index (χ0) is 18.7. The number of rotatable bonds is 7. The molecule has 0 bridgehead atoms. The second-order valence-corrected chi connectivity index (χ2v) is 8.93. The summed E-state index contributed by atoms with van der Waals surface area (Å²) in [6.07, 6.45) is 1.87. The van der Waals surface area contributed by atoms with E-state index in [9.17, 15) is 13.2 Å². The van der Waals surface area contributed by atoms with Crippen molar-refractivity contribution in [1.82, 2.24) is 9.62 Å². The molecule has 0 unspecified atom stereocenters. The second kappa shape index (κ2) is 7.96. The Hall–Kier alpha value is -1.60. The van der Waals surface area contributed by atoms with E-state index in [4.69, 9.17) is 23.2 Å². The molecule has 5 nitrogen and oxygen atoms in total. The highest BCUT2D eigenvalue weighted by molar-refractivity contribution is 7.89. The van der Waals surface area contributed by atoms with Gasteiger partial charge < -0.3 is 5.32 Å². The van der Waals surface area contributed by atoms with Crippen molar-refractivity contribution < 1.29 is 13.2 Å². The molecule has 0 atom stereocenters. The van der Waals surface area contributed by atoms with Crippen LogP contribution in [0.1, 0.15) is 18.4 Å². The lowest BCUT2D eigenvalue weighted by atomic mass is 10.2. The fourth-order valence-corrected chi connectivity index (χ4v) is 4.20. The molecule has 8 heteroatoms. The average Bonchev–Trinajstić information content (AvgIpc) is 3.42. The zero-order valence-electron chi connectivity index (χ0n) is 13.9. The predicted molar refractivity (Wildman–Crippen MR) is 102 cm³/mol. The largest absolute Gasteiger partial charge is 0.352 e. The van der Waals surface area contributed by atoms with Gasteiger partial charge >= 0.3 is 0 Å². The molecule has 2 aromatic rings. The van der Waals surface area contributed by atoms with Crippen LogP contribution in [-0.4, -0.2) is 31.2 Å². The van der Waals surface area contributed by atoms with Crippen molar-refractivity contribution in [3.8, 4) is 0 Å². The highest BCUT2D eigenvalue weighted by atomic mass is 35.5. The Morgan fingerprint density at radius 1 is 1.08 bits per heavy atom. The first-order valence-corrected chi connectivity index (χ1v) is 10.3. The molecule has 138 valence electrons. The van der Waals surface area contributed by atoms with E-state index in [-0.39, 0.29) is 29.9 Å². The van der Waals surface area contributed by atoms with E-state index < -0.39 is 10.0 Å². The number of nitrogens with zero attached hydrogens (tertiary/aromatic N) is 1. The summed E-state index contributed by atoms with van der Waals surface area (Å²) in [7, 11) is -3.84. The fourth-order valence-electron chi connectivity index (χ4n) is 2.47. The minimum atomic E-state index is -3.84. The van der Waals surface area contributed by atoms with Gasteiger partial charge in [-0.15, -0.1) is 0 Å². The molecule has 0 radical (unpaired) electrons. The van der Waals surface area contributed by atoms with E-state index in [1.807, 2.05) is 0 Å². The Morgan fingerprint density at radius 3 is 2.38 bits per heavy atom. The van der Waals surface area contributed by atoms with E-state index in [1.165, 1.54) is 12.1 Å². The van der Waals surface area contributed by atoms with E-state index >= 15 is 0 Å². The van der Waals surface area contributed by atoms with E-state index in [1.54, 1.807) is 36.4 Å². The summed E-state index contributed by atoms with van der Waals surface area (Å²) < 4.78 is 27.2. The average molecular weight is 413 g/mol. The first kappa shape index (κ1) is 19.2. The summed E-state index contributed by atoms with van der Waals surface area (Å²) in [5.74, 6) is -0.313. The second-order valence-electron chi connectivity index (χ2n) is 6.18. The summed E-state index contributed by atoms with van der Waals surface area (Å²) in [5.41, 5.74) is 0.651. The quantitative estimate of drug-likeness (QED) is 0.756. The minimum absolute atomic E-state index is 0.0200. The van der Waals surface area contributed by atoms with Crippen LogP contribution in [0, 0.1) is 0 Å². The number of carbonyl (C=O) groups excluding carboxylic acids is 1. The van der Waals surface area contributed by atoms with Gasteiger partial charge in [-0.1, -0.05) is 47.5 Å². The molecule has 3 rings (SSSR count). The van der Waals surface area contributed by atoms with Crippen LogP contribution in [0.2, 0.25) is 10.0 Å². The number of sulfonamides is 1. The number of benzene rings is 2. The molecule has 0 aromatic heterocycles. The Morgan fingerprint density at radius 2 is 1.77 bits per heavy atom. The molecule has 0 heterocycles. The molecule has 1 N–H and O–H groups in total. The third kappa shape index (κ3) is 4.76. The lowest BCUT2D eigenvalue weighted by Gasteiger charge is -2.22. The standard InChI is InChI=1S/C18H18Cl2N2O3S/c19-16-9-6-13(10-17(16)20)11-22(12-18(23)21-14-7-8-14)26(24,25)15-4-2-1-3-5-15/h1-6,9-10,14H,7-8,11-12H2,(H,21,23). The van der Waals surface area contributed by atoms with Gasteiger partial charge in [0.15, 0.2) is 0 Å². The van der Waals surface area contributed by atoms with Crippen LogP contribution in [0.3, 0.4) is 0 Å². The molecule has 26 heavy (non-hydrogen) atoms. The van der Waals surface area contributed by atoms with Crippen molar-refractivity contribution in [3.05, 3.63) is 64.1 Å². The highest BCUT2D eigenvalue weighted by Crippen LogP contribution is 2.25. The van der Waals surface area contributed by atoms with Gasteiger partial charge in [-0.3, -0.25) is 4.79 Å². The van der Waals surface area contributed by atoms with Crippen LogP contribution in [0.25, 0.3) is 0 Å². The van der Waals surface area contributed by atoms with Crippen LogP contribution in [0.15, 0.2) is 53.4 Å². The van der Waals surface area contributed by atoms with Crippen molar-refractivity contribution in [2.45, 2.75) is 30.3 Å². The van der Waals surface area contributed by atoms with Gasteiger partial charge in [0.25, 0.3) is 0 Å². The lowest BCUT2D eigenvalue weighted by Crippen LogP contribution is -2.41. The Labute approximate surface area is 163 Å². The van der Waals surface area contributed by atoms with Crippen LogP contribution < -0.4 is 5.32 Å². The monoisotopic (exact) mass is 412 g/mol. The topological polar surface area (TPSA) is 66.5 Å². The van der Waals surface area contributed by atoms with Gasteiger partial charge in [0, 0.05) is 12.6 Å². The van der Waals surface area contributed by atoms with Gasteiger partial charge in [-0.05, 0) is 42.7 Å². The molecule has 0 spiro atoms. The SMILES string of the molecule is O=C(CN(Cc1ccc(Cl)c(Cl)c1)S(=O)(=O)c1ccccc1)NC1CC1. The summed E-state index contributed by atoms with van der Waals surface area (Å²) in [5, 5.41) is 3.55. The number of carbonyl (C=O) groups is 1. The van der Waals surface area contributed by atoms with Gasteiger partial charge in [0.2, 0.25) is 15.9 Å². The normalized spacial score (nSPS) is 14.4. The van der Waals surface area contributed by atoms with Crippen molar-refractivity contribution in [2.75, 3.05) is 6.54 Å². The molecule has 1 fully saturated rings. The Balaban J connectivity index is 1.87. The molecule has 2 aromatic carbocycles. The van der Waals surface area contributed by atoms with Gasteiger partial charge in [0.05, 0.1) is 21.5 Å². The maximum Gasteiger partial charge on any atom is 0.243 e. The summed E-state index contributed by atoms with van der Waals surface area (Å²) in [4.78, 5) is 12.4. The molecule has 1 amide bonds. The molecule has 1 aliphatic rings. The fraction of sp³-hybridized carbons (Fsp3) is 0.278. The Kier molecular flexibility index (Phi) is 5.87. The molecule has 1 saturated carbocycles. The van der Waals surface area contributed by atoms with E-state index in [2.05, 4.69) is 5.32 Å². The van der Waals surface area contributed by atoms with Gasteiger partial charge in [0.1, 0.15) is 0 Å². The smallest absolute Gasteiger partial charge is 0.243 e. The molecule has 0 saturated heterocycles. The number of hydrogen-bond acceptors (Lipinski definition) is 3. The van der Waals surface area contributed by atoms with Crippen molar-refractivity contribution in [3.63, 3.8) is 0 Å². The highest BCUT2D eigenvalue weighted by Gasteiger charge is 2.29. The third-order valence-corrected chi connectivity index (χ3v) is 6.53. The Bertz CT molecular complexity index is 900. The molecular formula is C18H18Cl2N2O3S. The molecule has 1 aliphatic carbocycles. The molecule has 0 aliphatic heterocycles. The van der Waals surface area contributed by atoms with Crippen molar-refractivity contribution in [1.29, 1.82) is 0 Å². The van der Waals surface area contributed by atoms with E-state index in [0.717, 1.165) is 17.1 Å². The van der Waals surface area contributed by atoms with Crippen molar-refractivity contribution >= 4 is 39.1 Å². The predicted octanol–water partition coefficient (Wildman–Crippen LogP) is 3.46. The maximum atomic E-state index is 13.0. The zero-order valence-corrected chi connectivity index (χ0v) is 16.2. The maximum absolute atomic E-state index is 13.0. The number of nitrogens with one attached hydrogen (secondary N) is 1. The molecular weight excluding hydrogens is 395 g/mol. The first-order valence-electron chi connectivity index (χ1n) is 8.15. The summed E-state index contributed by atoms with van der Waals surface area (Å²) in [6, 6.07) is 13.1. The lowest BCUT2D eigenvalue weighted by molar-refractivity contribution is -0.121. The first-order chi connectivity index (χ1) is 12.4. The number of hydrogen-bond donors (Lipinski definition) is 1. The van der Waals surface area contributed by atoms with Crippen LogP contribution >= 0.6 is 23.2 Å². The minimum Gasteiger partial charge on any atom is -0.352 e. The van der Waals surface area contributed by atoms with Gasteiger partial charge in [-0.2, -0.15) is 4.31 Å². The van der Waals surface area contributed by atoms with Crippen LogP contribution in [-0.2, 0) is 21.4 Å². The third-order valence-electron chi connectivity index (χ3n) is 3.99. The summed E-state index contributed by atoms with van der Waals surface area (Å²) >= 11 is 12.0. The number of amides is 1. The number of halogens is 2. The van der Waals surface area contributed by atoms with Crippen LogP contribution in [0.4, 0.5) is 0 Å². The van der Waals surface area contributed by atoms with Crippen LogP contribution in [0.5, 0.6) is 0 Å². The van der Waals surface area contributed by atoms with Crippen molar-refractivity contribution in [2.24, 2.45) is 0 Å².